The normalized spacial score (nSPS) is 18.5. The standard InChI is InChI=1S/C20H22Cl2N2O2/c1-14(15-5-3-2-4-6-15)24-10-9-16(12-24)23-20(25)13-26-17-7-8-18(21)19(22)11-17/h2-8,11,14,16H,9-10,12-13H2,1H3,(H,23,25). The van der Waals surface area contributed by atoms with Gasteiger partial charge in [-0.1, -0.05) is 53.5 Å². The van der Waals surface area contributed by atoms with Crippen molar-refractivity contribution in [3.63, 3.8) is 0 Å². The molecule has 0 radical (unpaired) electrons. The predicted molar refractivity (Wildman–Crippen MR) is 105 cm³/mol. The molecule has 1 saturated heterocycles. The Morgan fingerprint density at radius 1 is 1.23 bits per heavy atom. The van der Waals surface area contributed by atoms with E-state index in [9.17, 15) is 4.79 Å². The van der Waals surface area contributed by atoms with Gasteiger partial charge in [-0.05, 0) is 31.0 Å². The first kappa shape index (κ1) is 19.0. The van der Waals surface area contributed by atoms with E-state index >= 15 is 0 Å². The van der Waals surface area contributed by atoms with Crippen LogP contribution in [0, 0.1) is 0 Å². The number of carbonyl (C=O) groups excluding carboxylic acids is 1. The minimum Gasteiger partial charge on any atom is -0.484 e. The molecule has 2 aromatic rings. The number of likely N-dealkylation sites (tertiary alicyclic amines) is 1. The largest absolute Gasteiger partial charge is 0.484 e. The van der Waals surface area contributed by atoms with Crippen LogP contribution < -0.4 is 10.1 Å². The summed E-state index contributed by atoms with van der Waals surface area (Å²) in [6.07, 6.45) is 0.940. The molecule has 0 saturated carbocycles. The molecule has 1 N–H and O–H groups in total. The molecular weight excluding hydrogens is 371 g/mol. The molecule has 2 unspecified atom stereocenters. The summed E-state index contributed by atoms with van der Waals surface area (Å²) in [7, 11) is 0. The van der Waals surface area contributed by atoms with Gasteiger partial charge in [0, 0.05) is 31.2 Å². The molecule has 1 fully saturated rings. The third-order valence-electron chi connectivity index (χ3n) is 4.68. The third kappa shape index (κ3) is 4.91. The molecule has 0 bridgehead atoms. The second kappa shape index (κ2) is 8.76. The van der Waals surface area contributed by atoms with Crippen LogP contribution in [0.5, 0.6) is 5.75 Å². The zero-order chi connectivity index (χ0) is 18.5. The maximum Gasteiger partial charge on any atom is 0.258 e. The summed E-state index contributed by atoms with van der Waals surface area (Å²) in [6, 6.07) is 15.9. The lowest BCUT2D eigenvalue weighted by atomic mass is 10.1. The fourth-order valence-corrected chi connectivity index (χ4v) is 3.47. The number of hydrogen-bond donors (Lipinski definition) is 1. The Bertz CT molecular complexity index is 755. The van der Waals surface area contributed by atoms with Crippen LogP contribution in [0.25, 0.3) is 0 Å². The quantitative estimate of drug-likeness (QED) is 0.795. The van der Waals surface area contributed by atoms with Crippen LogP contribution in [-0.2, 0) is 4.79 Å². The topological polar surface area (TPSA) is 41.6 Å². The Labute approximate surface area is 164 Å². The third-order valence-corrected chi connectivity index (χ3v) is 5.41. The van der Waals surface area contributed by atoms with Gasteiger partial charge < -0.3 is 10.1 Å². The second-order valence-electron chi connectivity index (χ2n) is 6.50. The summed E-state index contributed by atoms with van der Waals surface area (Å²) in [4.78, 5) is 14.5. The van der Waals surface area contributed by atoms with Crippen molar-refractivity contribution in [2.75, 3.05) is 19.7 Å². The van der Waals surface area contributed by atoms with Crippen LogP contribution >= 0.6 is 23.2 Å². The van der Waals surface area contributed by atoms with Gasteiger partial charge in [0.05, 0.1) is 10.0 Å². The molecule has 1 aliphatic rings. The van der Waals surface area contributed by atoms with Crippen molar-refractivity contribution in [3.8, 4) is 5.75 Å². The van der Waals surface area contributed by atoms with Crippen LogP contribution in [0.15, 0.2) is 48.5 Å². The summed E-state index contributed by atoms with van der Waals surface area (Å²) in [6.45, 7) is 3.97. The van der Waals surface area contributed by atoms with E-state index in [1.807, 2.05) is 6.07 Å². The van der Waals surface area contributed by atoms with E-state index < -0.39 is 0 Å². The molecule has 1 heterocycles. The average Bonchev–Trinajstić information content (AvgIpc) is 3.11. The fourth-order valence-electron chi connectivity index (χ4n) is 3.18. The summed E-state index contributed by atoms with van der Waals surface area (Å²) >= 11 is 11.8. The van der Waals surface area contributed by atoms with Crippen molar-refractivity contribution >= 4 is 29.1 Å². The van der Waals surface area contributed by atoms with Crippen LogP contribution in [0.2, 0.25) is 10.0 Å². The van der Waals surface area contributed by atoms with Gasteiger partial charge in [-0.25, -0.2) is 0 Å². The molecule has 26 heavy (non-hydrogen) atoms. The molecule has 0 aromatic heterocycles. The maximum absolute atomic E-state index is 12.2. The molecule has 1 aliphatic heterocycles. The summed E-state index contributed by atoms with van der Waals surface area (Å²) in [5.41, 5.74) is 1.29. The average molecular weight is 393 g/mol. The van der Waals surface area contributed by atoms with Gasteiger partial charge in [0.2, 0.25) is 0 Å². The molecule has 2 aromatic carbocycles. The minimum atomic E-state index is -0.129. The van der Waals surface area contributed by atoms with Crippen molar-refractivity contribution in [3.05, 3.63) is 64.1 Å². The summed E-state index contributed by atoms with van der Waals surface area (Å²) in [5.74, 6) is 0.399. The lowest BCUT2D eigenvalue weighted by Crippen LogP contribution is -2.40. The first-order valence-corrected chi connectivity index (χ1v) is 9.44. The lowest BCUT2D eigenvalue weighted by Gasteiger charge is -2.24. The number of benzene rings is 2. The molecule has 4 nitrogen and oxygen atoms in total. The summed E-state index contributed by atoms with van der Waals surface area (Å²) < 4.78 is 5.49. The number of hydrogen-bond acceptors (Lipinski definition) is 3. The van der Waals surface area contributed by atoms with Gasteiger partial charge in [0.1, 0.15) is 5.75 Å². The van der Waals surface area contributed by atoms with Crippen molar-refractivity contribution in [2.24, 2.45) is 0 Å². The number of nitrogens with zero attached hydrogens (tertiary/aromatic N) is 1. The minimum absolute atomic E-state index is 0.0390. The monoisotopic (exact) mass is 392 g/mol. The number of ether oxygens (including phenoxy) is 1. The molecule has 6 heteroatoms. The first-order chi connectivity index (χ1) is 12.5. The number of amides is 1. The highest BCUT2D eigenvalue weighted by molar-refractivity contribution is 6.42. The van der Waals surface area contributed by atoms with Crippen LogP contribution in [-0.4, -0.2) is 36.5 Å². The number of halogens is 2. The highest BCUT2D eigenvalue weighted by atomic mass is 35.5. The van der Waals surface area contributed by atoms with Crippen LogP contribution in [0.3, 0.4) is 0 Å². The Kier molecular flexibility index (Phi) is 6.41. The molecule has 2 atom stereocenters. The Balaban J connectivity index is 1.46. The number of nitrogens with one attached hydrogen (secondary N) is 1. The molecule has 138 valence electrons. The van der Waals surface area contributed by atoms with E-state index in [4.69, 9.17) is 27.9 Å². The van der Waals surface area contributed by atoms with Gasteiger partial charge >= 0.3 is 0 Å². The Hall–Kier alpha value is -1.75. The second-order valence-corrected chi connectivity index (χ2v) is 7.31. The molecule has 3 rings (SSSR count). The highest BCUT2D eigenvalue weighted by Gasteiger charge is 2.27. The lowest BCUT2D eigenvalue weighted by molar-refractivity contribution is -0.123. The first-order valence-electron chi connectivity index (χ1n) is 8.69. The van der Waals surface area contributed by atoms with E-state index in [0.29, 0.717) is 21.8 Å². The fraction of sp³-hybridized carbons (Fsp3) is 0.350. The van der Waals surface area contributed by atoms with Crippen LogP contribution in [0.1, 0.15) is 24.9 Å². The predicted octanol–water partition coefficient (Wildman–Crippen LogP) is 4.32. The Morgan fingerprint density at radius 2 is 2.00 bits per heavy atom. The zero-order valence-corrected chi connectivity index (χ0v) is 16.1. The van der Waals surface area contributed by atoms with E-state index in [0.717, 1.165) is 19.5 Å². The van der Waals surface area contributed by atoms with Crippen LogP contribution in [0.4, 0.5) is 0 Å². The molecular formula is C20H22Cl2N2O2. The van der Waals surface area contributed by atoms with Gasteiger partial charge in [-0.2, -0.15) is 0 Å². The van der Waals surface area contributed by atoms with Gasteiger partial charge in [0.25, 0.3) is 5.91 Å². The van der Waals surface area contributed by atoms with E-state index in [1.165, 1.54) is 5.56 Å². The molecule has 1 amide bonds. The van der Waals surface area contributed by atoms with E-state index in [-0.39, 0.29) is 18.6 Å². The zero-order valence-electron chi connectivity index (χ0n) is 14.6. The van der Waals surface area contributed by atoms with Crippen molar-refractivity contribution < 1.29 is 9.53 Å². The molecule has 0 aliphatic carbocycles. The maximum atomic E-state index is 12.2. The van der Waals surface area contributed by atoms with Gasteiger partial charge in [0.15, 0.2) is 6.61 Å². The van der Waals surface area contributed by atoms with Crippen molar-refractivity contribution in [1.82, 2.24) is 10.2 Å². The molecule has 0 spiro atoms. The highest BCUT2D eigenvalue weighted by Crippen LogP contribution is 2.26. The SMILES string of the molecule is CC(c1ccccc1)N1CCC(NC(=O)COc2ccc(Cl)c(Cl)c2)C1. The van der Waals surface area contributed by atoms with Crippen molar-refractivity contribution in [2.45, 2.75) is 25.4 Å². The summed E-state index contributed by atoms with van der Waals surface area (Å²) in [5, 5.41) is 3.92. The van der Waals surface area contributed by atoms with E-state index in [2.05, 4.69) is 41.4 Å². The Morgan fingerprint density at radius 3 is 2.73 bits per heavy atom. The van der Waals surface area contributed by atoms with Gasteiger partial charge in [-0.15, -0.1) is 0 Å². The number of rotatable bonds is 6. The van der Waals surface area contributed by atoms with E-state index in [1.54, 1.807) is 18.2 Å². The number of carbonyl (C=O) groups is 1. The van der Waals surface area contributed by atoms with Crippen molar-refractivity contribution in [1.29, 1.82) is 0 Å². The van der Waals surface area contributed by atoms with Gasteiger partial charge in [-0.3, -0.25) is 9.69 Å². The smallest absolute Gasteiger partial charge is 0.258 e.